The smallest absolute Gasteiger partial charge is 0.119 e. The van der Waals surface area contributed by atoms with Crippen LogP contribution in [-0.4, -0.2) is 17.1 Å². The largest absolute Gasteiger partial charge is 0.497 e. The van der Waals surface area contributed by atoms with E-state index in [1.54, 1.807) is 7.11 Å². The summed E-state index contributed by atoms with van der Waals surface area (Å²) in [6, 6.07) is 10.4. The minimum absolute atomic E-state index is 0.927. The molecule has 3 heteroatoms. The summed E-state index contributed by atoms with van der Waals surface area (Å²) in [7, 11) is 1.71. The van der Waals surface area contributed by atoms with Crippen molar-refractivity contribution in [3.05, 3.63) is 60.0 Å². The summed E-state index contributed by atoms with van der Waals surface area (Å²) in [4.78, 5) is 7.68. The highest BCUT2D eigenvalue weighted by molar-refractivity contribution is 5.80. The van der Waals surface area contributed by atoms with Gasteiger partial charge in [-0.1, -0.05) is 6.07 Å². The van der Waals surface area contributed by atoms with Crippen LogP contribution in [0.5, 0.6) is 5.75 Å². The van der Waals surface area contributed by atoms with Gasteiger partial charge >= 0.3 is 0 Å². The van der Waals surface area contributed by atoms with E-state index >= 15 is 0 Å². The highest BCUT2D eigenvalue weighted by Gasteiger charge is 2.21. The molecule has 104 valence electrons. The van der Waals surface area contributed by atoms with E-state index in [0.717, 1.165) is 18.6 Å². The molecule has 0 amide bonds. The molecular weight excluding hydrogens is 260 g/mol. The summed E-state index contributed by atoms with van der Waals surface area (Å²) < 4.78 is 5.32. The summed E-state index contributed by atoms with van der Waals surface area (Å²) in [5.41, 5.74) is 7.69. The Balaban J connectivity index is 1.85. The van der Waals surface area contributed by atoms with Gasteiger partial charge in [0.15, 0.2) is 0 Å². The van der Waals surface area contributed by atoms with Crippen LogP contribution in [0.3, 0.4) is 0 Å². The molecule has 0 fully saturated rings. The number of aromatic nitrogens is 2. The van der Waals surface area contributed by atoms with Crippen molar-refractivity contribution in [1.29, 1.82) is 0 Å². The van der Waals surface area contributed by atoms with Gasteiger partial charge in [0.05, 0.1) is 7.11 Å². The molecule has 21 heavy (non-hydrogen) atoms. The lowest BCUT2D eigenvalue weighted by molar-refractivity contribution is 0.414. The van der Waals surface area contributed by atoms with Crippen LogP contribution in [0.25, 0.3) is 22.4 Å². The van der Waals surface area contributed by atoms with E-state index in [2.05, 4.69) is 34.4 Å². The minimum atomic E-state index is 0.927. The van der Waals surface area contributed by atoms with Gasteiger partial charge in [0, 0.05) is 41.0 Å². The van der Waals surface area contributed by atoms with E-state index in [1.165, 1.54) is 33.5 Å². The van der Waals surface area contributed by atoms with Crippen molar-refractivity contribution >= 4 is 0 Å². The molecule has 1 aromatic carbocycles. The van der Waals surface area contributed by atoms with E-state index in [0.29, 0.717) is 0 Å². The average molecular weight is 276 g/mol. The summed E-state index contributed by atoms with van der Waals surface area (Å²) in [5, 5.41) is 0. The third-order valence-electron chi connectivity index (χ3n) is 4.19. The van der Waals surface area contributed by atoms with E-state index in [1.807, 2.05) is 24.5 Å². The standard InChI is InChI=1S/C18H16N2O/c1-21-14-5-7-15-12(9-14)4-6-16-17(11-20-18(15)16)13-3-2-8-19-10-13/h2-3,5,7-11,20H,4,6H2,1H3. The van der Waals surface area contributed by atoms with Gasteiger partial charge in [0.25, 0.3) is 0 Å². The second kappa shape index (κ2) is 4.77. The molecule has 2 aromatic heterocycles. The lowest BCUT2D eigenvalue weighted by atomic mass is 9.87. The number of aromatic amines is 1. The third-order valence-corrected chi connectivity index (χ3v) is 4.19. The number of benzene rings is 1. The second-order valence-electron chi connectivity index (χ2n) is 5.32. The first-order valence-corrected chi connectivity index (χ1v) is 7.15. The van der Waals surface area contributed by atoms with Gasteiger partial charge in [-0.3, -0.25) is 4.98 Å². The van der Waals surface area contributed by atoms with Crippen molar-refractivity contribution in [2.75, 3.05) is 7.11 Å². The van der Waals surface area contributed by atoms with Crippen LogP contribution in [-0.2, 0) is 12.8 Å². The molecule has 0 saturated carbocycles. The number of methoxy groups -OCH3 is 1. The number of pyridine rings is 1. The number of nitrogens with one attached hydrogen (secondary N) is 1. The quantitative estimate of drug-likeness (QED) is 0.772. The summed E-state index contributed by atoms with van der Waals surface area (Å²) in [6.45, 7) is 0. The first-order valence-electron chi connectivity index (χ1n) is 7.15. The van der Waals surface area contributed by atoms with Gasteiger partial charge in [-0.05, 0) is 48.2 Å². The zero-order valence-corrected chi connectivity index (χ0v) is 11.9. The van der Waals surface area contributed by atoms with E-state index in [4.69, 9.17) is 4.74 Å². The van der Waals surface area contributed by atoms with E-state index in [-0.39, 0.29) is 0 Å². The fraction of sp³-hybridized carbons (Fsp3) is 0.167. The second-order valence-corrected chi connectivity index (χ2v) is 5.32. The monoisotopic (exact) mass is 276 g/mol. The van der Waals surface area contributed by atoms with Gasteiger partial charge < -0.3 is 9.72 Å². The van der Waals surface area contributed by atoms with E-state index in [9.17, 15) is 0 Å². The highest BCUT2D eigenvalue weighted by atomic mass is 16.5. The zero-order chi connectivity index (χ0) is 14.2. The normalized spacial score (nSPS) is 12.6. The highest BCUT2D eigenvalue weighted by Crippen LogP contribution is 2.39. The van der Waals surface area contributed by atoms with Crippen molar-refractivity contribution in [3.63, 3.8) is 0 Å². The molecule has 0 unspecified atom stereocenters. The fourth-order valence-electron chi connectivity index (χ4n) is 3.14. The Morgan fingerprint density at radius 3 is 2.90 bits per heavy atom. The first kappa shape index (κ1) is 12.2. The Bertz CT molecular complexity index is 790. The van der Waals surface area contributed by atoms with Gasteiger partial charge in [-0.2, -0.15) is 0 Å². The van der Waals surface area contributed by atoms with Crippen molar-refractivity contribution in [2.45, 2.75) is 12.8 Å². The Morgan fingerprint density at radius 2 is 2.10 bits per heavy atom. The first-order chi connectivity index (χ1) is 10.4. The van der Waals surface area contributed by atoms with Gasteiger partial charge in [-0.15, -0.1) is 0 Å². The average Bonchev–Trinajstić information content (AvgIpc) is 2.99. The molecule has 1 aliphatic rings. The van der Waals surface area contributed by atoms with Crippen LogP contribution < -0.4 is 4.74 Å². The Labute approximate surface area is 123 Å². The lowest BCUT2D eigenvalue weighted by Gasteiger charge is -2.18. The molecule has 0 spiro atoms. The maximum atomic E-state index is 5.32. The number of nitrogens with zero attached hydrogens (tertiary/aromatic N) is 1. The van der Waals surface area contributed by atoms with Crippen LogP contribution >= 0.6 is 0 Å². The number of H-pyrrole nitrogens is 1. The molecular formula is C18H16N2O. The van der Waals surface area contributed by atoms with E-state index < -0.39 is 0 Å². The molecule has 4 rings (SSSR count). The van der Waals surface area contributed by atoms with Crippen molar-refractivity contribution < 1.29 is 4.74 Å². The van der Waals surface area contributed by atoms with Crippen LogP contribution in [0.1, 0.15) is 11.1 Å². The Hall–Kier alpha value is -2.55. The molecule has 2 heterocycles. The summed E-state index contributed by atoms with van der Waals surface area (Å²) in [5.74, 6) is 0.927. The molecule has 0 saturated heterocycles. The number of rotatable bonds is 2. The number of aryl methyl sites for hydroxylation is 1. The van der Waals surface area contributed by atoms with Gasteiger partial charge in [-0.25, -0.2) is 0 Å². The minimum Gasteiger partial charge on any atom is -0.497 e. The molecule has 3 aromatic rings. The fourth-order valence-corrected chi connectivity index (χ4v) is 3.14. The predicted octanol–water partition coefficient (Wildman–Crippen LogP) is 3.85. The van der Waals surface area contributed by atoms with Crippen LogP contribution in [0, 0.1) is 0 Å². The Morgan fingerprint density at radius 1 is 1.14 bits per heavy atom. The molecule has 0 radical (unpaired) electrons. The molecule has 1 N–H and O–H groups in total. The topological polar surface area (TPSA) is 37.9 Å². The number of fused-ring (bicyclic) bond motifs is 3. The van der Waals surface area contributed by atoms with Crippen molar-refractivity contribution in [1.82, 2.24) is 9.97 Å². The maximum absolute atomic E-state index is 5.32. The molecule has 1 aliphatic carbocycles. The lowest BCUT2D eigenvalue weighted by Crippen LogP contribution is -2.03. The maximum Gasteiger partial charge on any atom is 0.119 e. The number of ether oxygens (including phenoxy) is 1. The van der Waals surface area contributed by atoms with Crippen LogP contribution in [0.15, 0.2) is 48.9 Å². The third kappa shape index (κ3) is 1.93. The number of hydrogen-bond acceptors (Lipinski definition) is 2. The summed E-state index contributed by atoms with van der Waals surface area (Å²) in [6.07, 6.45) is 7.92. The predicted molar refractivity (Wildman–Crippen MR) is 83.4 cm³/mol. The molecule has 3 nitrogen and oxygen atoms in total. The van der Waals surface area contributed by atoms with Crippen molar-refractivity contribution in [3.8, 4) is 28.1 Å². The van der Waals surface area contributed by atoms with Crippen molar-refractivity contribution in [2.24, 2.45) is 0 Å². The van der Waals surface area contributed by atoms with Crippen LogP contribution in [0.2, 0.25) is 0 Å². The van der Waals surface area contributed by atoms with Crippen LogP contribution in [0.4, 0.5) is 0 Å². The number of hydrogen-bond donors (Lipinski definition) is 1. The molecule has 0 bridgehead atoms. The molecule has 0 atom stereocenters. The Kier molecular flexibility index (Phi) is 2.78. The van der Waals surface area contributed by atoms with Gasteiger partial charge in [0.1, 0.15) is 5.75 Å². The van der Waals surface area contributed by atoms with Gasteiger partial charge in [0.2, 0.25) is 0 Å². The SMILES string of the molecule is COc1ccc2c(c1)CCc1c(-c3cccnc3)c[nH]c1-2. The summed E-state index contributed by atoms with van der Waals surface area (Å²) >= 11 is 0. The molecule has 0 aliphatic heterocycles. The zero-order valence-electron chi connectivity index (χ0n) is 11.9.